The van der Waals surface area contributed by atoms with Crippen LogP contribution in [0.4, 0.5) is 5.69 Å². The predicted octanol–water partition coefficient (Wildman–Crippen LogP) is 3.01. The van der Waals surface area contributed by atoms with E-state index in [4.69, 9.17) is 11.6 Å². The van der Waals surface area contributed by atoms with E-state index in [9.17, 15) is 0 Å². The van der Waals surface area contributed by atoms with Crippen LogP contribution < -0.4 is 4.48 Å². The molecule has 0 saturated carbocycles. The Morgan fingerprint density at radius 1 is 1.15 bits per heavy atom. The fourth-order valence-electron chi connectivity index (χ4n) is 1.17. The van der Waals surface area contributed by atoms with Crippen molar-refractivity contribution in [2.24, 2.45) is 0 Å². The standard InChI is InChI=1S/C11H17ClN/c1-4-13(2,3)11-7-5-10(9-12)6-8-11/h5-8H,4,9H2,1-3H3/q+1. The summed E-state index contributed by atoms with van der Waals surface area (Å²) in [5, 5.41) is 0. The number of nitrogens with zero attached hydrogens (tertiary/aromatic N) is 1. The Labute approximate surface area is 85.5 Å². The first-order valence-electron chi connectivity index (χ1n) is 4.58. The molecule has 0 amide bonds. The van der Waals surface area contributed by atoms with Gasteiger partial charge in [0.05, 0.1) is 20.6 Å². The van der Waals surface area contributed by atoms with E-state index in [0.29, 0.717) is 5.88 Å². The molecule has 0 aliphatic carbocycles. The lowest BCUT2D eigenvalue weighted by Gasteiger charge is -2.27. The average Bonchev–Trinajstić information content (AvgIpc) is 2.18. The molecular formula is C11H17ClN+. The van der Waals surface area contributed by atoms with Gasteiger partial charge in [0.1, 0.15) is 5.69 Å². The van der Waals surface area contributed by atoms with Crippen LogP contribution >= 0.6 is 11.6 Å². The average molecular weight is 199 g/mol. The van der Waals surface area contributed by atoms with Crippen LogP contribution in [-0.2, 0) is 5.88 Å². The number of benzene rings is 1. The molecule has 72 valence electrons. The van der Waals surface area contributed by atoms with Gasteiger partial charge < -0.3 is 0 Å². The first-order chi connectivity index (χ1) is 6.10. The third-order valence-corrected chi connectivity index (χ3v) is 2.89. The van der Waals surface area contributed by atoms with E-state index in [2.05, 4.69) is 45.3 Å². The van der Waals surface area contributed by atoms with E-state index in [0.717, 1.165) is 11.0 Å². The topological polar surface area (TPSA) is 0 Å². The highest BCUT2D eigenvalue weighted by atomic mass is 35.5. The van der Waals surface area contributed by atoms with Crippen LogP contribution in [-0.4, -0.2) is 20.6 Å². The minimum Gasteiger partial charge on any atom is -0.296 e. The smallest absolute Gasteiger partial charge is 0.132 e. The van der Waals surface area contributed by atoms with Gasteiger partial charge in [0.15, 0.2) is 0 Å². The summed E-state index contributed by atoms with van der Waals surface area (Å²) in [6.07, 6.45) is 0. The second kappa shape index (κ2) is 4.12. The molecule has 0 atom stereocenters. The molecule has 0 radical (unpaired) electrons. The minimum absolute atomic E-state index is 0.597. The highest BCUT2D eigenvalue weighted by molar-refractivity contribution is 6.17. The molecule has 1 rings (SSSR count). The molecule has 13 heavy (non-hydrogen) atoms. The number of rotatable bonds is 3. The van der Waals surface area contributed by atoms with Crippen molar-refractivity contribution in [1.82, 2.24) is 4.48 Å². The van der Waals surface area contributed by atoms with Gasteiger partial charge in [-0.1, -0.05) is 12.1 Å². The maximum atomic E-state index is 5.72. The van der Waals surface area contributed by atoms with Gasteiger partial charge in [0, 0.05) is 5.88 Å². The molecule has 0 unspecified atom stereocenters. The van der Waals surface area contributed by atoms with Crippen molar-refractivity contribution in [2.75, 3.05) is 20.6 Å². The van der Waals surface area contributed by atoms with Crippen molar-refractivity contribution < 1.29 is 0 Å². The van der Waals surface area contributed by atoms with Crippen LogP contribution in [0.25, 0.3) is 0 Å². The number of quaternary nitrogens is 1. The van der Waals surface area contributed by atoms with Crippen molar-refractivity contribution in [3.05, 3.63) is 29.8 Å². The zero-order valence-electron chi connectivity index (χ0n) is 8.55. The fourth-order valence-corrected chi connectivity index (χ4v) is 1.35. The summed E-state index contributed by atoms with van der Waals surface area (Å²) in [5.41, 5.74) is 2.51. The first kappa shape index (κ1) is 10.6. The van der Waals surface area contributed by atoms with Gasteiger partial charge in [-0.15, -0.1) is 11.6 Å². The second-order valence-corrected chi connectivity index (χ2v) is 4.07. The summed E-state index contributed by atoms with van der Waals surface area (Å²) in [6, 6.07) is 8.50. The molecule has 1 nitrogen and oxygen atoms in total. The summed E-state index contributed by atoms with van der Waals surface area (Å²) in [5.74, 6) is 0.597. The molecule has 0 aromatic heterocycles. The maximum absolute atomic E-state index is 5.72. The number of alkyl halides is 1. The van der Waals surface area contributed by atoms with Gasteiger partial charge in [-0.3, -0.25) is 4.48 Å². The van der Waals surface area contributed by atoms with E-state index in [-0.39, 0.29) is 0 Å². The first-order valence-corrected chi connectivity index (χ1v) is 5.12. The molecule has 0 aliphatic heterocycles. The normalized spacial score (nSPS) is 11.7. The maximum Gasteiger partial charge on any atom is 0.132 e. The van der Waals surface area contributed by atoms with Gasteiger partial charge in [-0.25, -0.2) is 0 Å². The molecule has 0 N–H and O–H groups in total. The molecule has 0 heterocycles. The van der Waals surface area contributed by atoms with Crippen LogP contribution in [0.3, 0.4) is 0 Å². The largest absolute Gasteiger partial charge is 0.296 e. The third kappa shape index (κ3) is 2.45. The summed E-state index contributed by atoms with van der Waals surface area (Å²) < 4.78 is 0.919. The molecule has 0 aliphatic rings. The SMILES string of the molecule is CC[N+](C)(C)c1ccc(CCl)cc1. The Morgan fingerprint density at radius 2 is 1.69 bits per heavy atom. The van der Waals surface area contributed by atoms with Gasteiger partial charge in [0.2, 0.25) is 0 Å². The van der Waals surface area contributed by atoms with Crippen LogP contribution in [0.5, 0.6) is 0 Å². The third-order valence-electron chi connectivity index (χ3n) is 2.58. The lowest BCUT2D eigenvalue weighted by atomic mass is 10.2. The highest BCUT2D eigenvalue weighted by Gasteiger charge is 2.14. The van der Waals surface area contributed by atoms with Crippen molar-refractivity contribution >= 4 is 17.3 Å². The predicted molar refractivity (Wildman–Crippen MR) is 60.2 cm³/mol. The zero-order valence-corrected chi connectivity index (χ0v) is 9.30. The van der Waals surface area contributed by atoms with Crippen molar-refractivity contribution in [3.63, 3.8) is 0 Å². The monoisotopic (exact) mass is 198 g/mol. The molecule has 0 bridgehead atoms. The molecule has 0 saturated heterocycles. The Hall–Kier alpha value is -0.530. The minimum atomic E-state index is 0.597. The van der Waals surface area contributed by atoms with Crippen LogP contribution in [0, 0.1) is 0 Å². The van der Waals surface area contributed by atoms with Crippen molar-refractivity contribution in [1.29, 1.82) is 0 Å². The van der Waals surface area contributed by atoms with Gasteiger partial charge in [0.25, 0.3) is 0 Å². The van der Waals surface area contributed by atoms with Crippen molar-refractivity contribution in [3.8, 4) is 0 Å². The van der Waals surface area contributed by atoms with Crippen LogP contribution in [0.1, 0.15) is 12.5 Å². The molecule has 1 aromatic rings. The molecule has 0 spiro atoms. The van der Waals surface area contributed by atoms with E-state index in [1.54, 1.807) is 0 Å². The summed E-state index contributed by atoms with van der Waals surface area (Å²) >= 11 is 5.72. The van der Waals surface area contributed by atoms with Gasteiger partial charge in [-0.2, -0.15) is 0 Å². The van der Waals surface area contributed by atoms with Crippen LogP contribution in [0.15, 0.2) is 24.3 Å². The summed E-state index contributed by atoms with van der Waals surface area (Å²) in [7, 11) is 4.41. The lowest BCUT2D eigenvalue weighted by Crippen LogP contribution is -2.39. The second-order valence-electron chi connectivity index (χ2n) is 3.80. The van der Waals surface area contributed by atoms with E-state index in [1.165, 1.54) is 11.3 Å². The number of hydrogen-bond acceptors (Lipinski definition) is 0. The van der Waals surface area contributed by atoms with Crippen molar-refractivity contribution in [2.45, 2.75) is 12.8 Å². The fraction of sp³-hybridized carbons (Fsp3) is 0.455. The Balaban J connectivity index is 2.92. The lowest BCUT2D eigenvalue weighted by molar-refractivity contribution is 0.421. The number of halogens is 1. The Morgan fingerprint density at radius 3 is 2.08 bits per heavy atom. The molecule has 1 aromatic carbocycles. The summed E-state index contributed by atoms with van der Waals surface area (Å²) in [6.45, 7) is 3.29. The summed E-state index contributed by atoms with van der Waals surface area (Å²) in [4.78, 5) is 0. The molecule has 2 heteroatoms. The van der Waals surface area contributed by atoms with E-state index >= 15 is 0 Å². The number of hydrogen-bond donors (Lipinski definition) is 0. The molecule has 0 fully saturated rings. The quantitative estimate of drug-likeness (QED) is 0.518. The zero-order chi connectivity index (χ0) is 9.90. The Kier molecular flexibility index (Phi) is 3.34. The molecular weight excluding hydrogens is 182 g/mol. The van der Waals surface area contributed by atoms with Gasteiger partial charge >= 0.3 is 0 Å². The Bertz CT molecular complexity index is 264. The van der Waals surface area contributed by atoms with E-state index in [1.807, 2.05) is 0 Å². The van der Waals surface area contributed by atoms with Crippen LogP contribution in [0.2, 0.25) is 0 Å². The van der Waals surface area contributed by atoms with E-state index < -0.39 is 0 Å². The highest BCUT2D eigenvalue weighted by Crippen LogP contribution is 2.19. The van der Waals surface area contributed by atoms with Gasteiger partial charge in [-0.05, 0) is 24.6 Å².